The summed E-state index contributed by atoms with van der Waals surface area (Å²) in [5, 5.41) is 0. The molecule has 0 bridgehead atoms. The average Bonchev–Trinajstić information content (AvgIpc) is 2.57. The number of aromatic nitrogens is 1. The number of hydrogen-bond acceptors (Lipinski definition) is 3. The Morgan fingerprint density at radius 1 is 1.12 bits per heavy atom. The lowest BCUT2D eigenvalue weighted by Gasteiger charge is -2.31. The van der Waals surface area contributed by atoms with Crippen LogP contribution in [0.3, 0.4) is 0 Å². The zero-order valence-electron chi connectivity index (χ0n) is 15.1. The highest BCUT2D eigenvalue weighted by Crippen LogP contribution is 2.45. The van der Waals surface area contributed by atoms with Crippen molar-refractivity contribution in [3.8, 4) is 22.6 Å². The number of benzene rings is 1. The van der Waals surface area contributed by atoms with Gasteiger partial charge in [0.25, 0.3) is 0 Å². The molecule has 0 saturated heterocycles. The highest BCUT2D eigenvalue weighted by Gasteiger charge is 2.28. The third kappa shape index (κ3) is 3.55. The lowest BCUT2D eigenvalue weighted by atomic mass is 9.89. The van der Waals surface area contributed by atoms with Gasteiger partial charge < -0.3 is 9.47 Å². The molecule has 3 rings (SSSR count). The standard InChI is InChI=1S/C21H27NO2/c1-14(2)6-5-11-23-16-7-8-18-17-9-10-22-13-19(17)21(15(3)4)24-20(18)12-16/h7-10,12-15,21H,5-6,11H2,1-4H3. The summed E-state index contributed by atoms with van der Waals surface area (Å²) in [6.07, 6.45) is 6.09. The number of hydrogen-bond donors (Lipinski definition) is 0. The molecule has 24 heavy (non-hydrogen) atoms. The molecule has 0 fully saturated rings. The minimum Gasteiger partial charge on any atom is -0.493 e. The normalized spacial score (nSPS) is 15.8. The van der Waals surface area contributed by atoms with Crippen molar-refractivity contribution in [3.63, 3.8) is 0 Å². The van der Waals surface area contributed by atoms with Gasteiger partial charge in [0.1, 0.15) is 17.6 Å². The molecule has 1 atom stereocenters. The zero-order valence-corrected chi connectivity index (χ0v) is 15.1. The molecule has 1 aromatic carbocycles. The molecule has 0 saturated carbocycles. The van der Waals surface area contributed by atoms with E-state index in [4.69, 9.17) is 9.47 Å². The van der Waals surface area contributed by atoms with E-state index in [-0.39, 0.29) is 6.10 Å². The van der Waals surface area contributed by atoms with Crippen molar-refractivity contribution in [1.82, 2.24) is 4.98 Å². The van der Waals surface area contributed by atoms with Crippen LogP contribution < -0.4 is 9.47 Å². The van der Waals surface area contributed by atoms with Crippen LogP contribution in [0.2, 0.25) is 0 Å². The second kappa shape index (κ2) is 7.25. The van der Waals surface area contributed by atoms with Crippen LogP contribution in [0.25, 0.3) is 11.1 Å². The van der Waals surface area contributed by atoms with Crippen molar-refractivity contribution in [2.24, 2.45) is 11.8 Å². The van der Waals surface area contributed by atoms with Crippen molar-refractivity contribution >= 4 is 0 Å². The molecule has 1 unspecified atom stereocenters. The minimum atomic E-state index is 0.0393. The lowest BCUT2D eigenvalue weighted by Crippen LogP contribution is -2.19. The van der Waals surface area contributed by atoms with E-state index in [2.05, 4.69) is 44.8 Å². The van der Waals surface area contributed by atoms with E-state index in [9.17, 15) is 0 Å². The molecule has 0 spiro atoms. The monoisotopic (exact) mass is 325 g/mol. The summed E-state index contributed by atoms with van der Waals surface area (Å²) in [6.45, 7) is 9.60. The van der Waals surface area contributed by atoms with Gasteiger partial charge in [-0.15, -0.1) is 0 Å². The number of rotatable bonds is 6. The van der Waals surface area contributed by atoms with Crippen LogP contribution in [0.5, 0.6) is 11.5 Å². The third-order valence-electron chi connectivity index (χ3n) is 4.46. The van der Waals surface area contributed by atoms with Gasteiger partial charge in [0.05, 0.1) is 6.61 Å². The van der Waals surface area contributed by atoms with E-state index in [1.807, 2.05) is 24.5 Å². The molecule has 1 aliphatic rings. The molecule has 3 heteroatoms. The molecule has 0 radical (unpaired) electrons. The molecule has 0 amide bonds. The summed E-state index contributed by atoms with van der Waals surface area (Å²) in [5.41, 5.74) is 3.51. The van der Waals surface area contributed by atoms with Gasteiger partial charge in [-0.05, 0) is 48.4 Å². The average molecular weight is 325 g/mol. The SMILES string of the molecule is CC(C)CCCOc1ccc2c(c1)OC(C(C)C)c1cnccc1-2. The number of ether oxygens (including phenoxy) is 2. The van der Waals surface area contributed by atoms with E-state index in [0.717, 1.165) is 36.0 Å². The van der Waals surface area contributed by atoms with Crippen molar-refractivity contribution in [3.05, 3.63) is 42.2 Å². The maximum Gasteiger partial charge on any atom is 0.131 e. The fourth-order valence-electron chi connectivity index (χ4n) is 3.17. The molecule has 128 valence electrons. The van der Waals surface area contributed by atoms with E-state index >= 15 is 0 Å². The first kappa shape index (κ1) is 16.8. The lowest BCUT2D eigenvalue weighted by molar-refractivity contribution is 0.149. The summed E-state index contributed by atoms with van der Waals surface area (Å²) in [7, 11) is 0. The number of nitrogens with zero attached hydrogens (tertiary/aromatic N) is 1. The van der Waals surface area contributed by atoms with E-state index in [0.29, 0.717) is 5.92 Å². The van der Waals surface area contributed by atoms with Gasteiger partial charge in [0.15, 0.2) is 0 Å². The van der Waals surface area contributed by atoms with Crippen molar-refractivity contribution in [2.45, 2.75) is 46.6 Å². The molecule has 3 nitrogen and oxygen atoms in total. The summed E-state index contributed by atoms with van der Waals surface area (Å²) in [6, 6.07) is 8.25. The summed E-state index contributed by atoms with van der Waals surface area (Å²) < 4.78 is 12.2. The predicted molar refractivity (Wildman–Crippen MR) is 97.4 cm³/mol. The van der Waals surface area contributed by atoms with Crippen molar-refractivity contribution in [1.29, 1.82) is 0 Å². The molecule has 2 aromatic rings. The molecule has 0 aliphatic carbocycles. The van der Waals surface area contributed by atoms with Crippen LogP contribution in [0.15, 0.2) is 36.7 Å². The topological polar surface area (TPSA) is 31.4 Å². The molecule has 0 N–H and O–H groups in total. The Balaban J connectivity index is 1.82. The Morgan fingerprint density at radius 3 is 2.71 bits per heavy atom. The second-order valence-electron chi connectivity index (χ2n) is 7.29. The smallest absolute Gasteiger partial charge is 0.131 e. The first-order chi connectivity index (χ1) is 11.6. The third-order valence-corrected chi connectivity index (χ3v) is 4.46. The Morgan fingerprint density at radius 2 is 1.96 bits per heavy atom. The second-order valence-corrected chi connectivity index (χ2v) is 7.29. The maximum absolute atomic E-state index is 6.29. The van der Waals surface area contributed by atoms with E-state index in [1.165, 1.54) is 17.5 Å². The van der Waals surface area contributed by atoms with Gasteiger partial charge in [-0.3, -0.25) is 4.98 Å². The van der Waals surface area contributed by atoms with Gasteiger partial charge in [-0.2, -0.15) is 0 Å². The van der Waals surface area contributed by atoms with Crippen LogP contribution in [-0.4, -0.2) is 11.6 Å². The zero-order chi connectivity index (χ0) is 17.1. The molecule has 1 aliphatic heterocycles. The Kier molecular flexibility index (Phi) is 5.08. The Labute approximate surface area is 145 Å². The summed E-state index contributed by atoms with van der Waals surface area (Å²) >= 11 is 0. The number of fused-ring (bicyclic) bond motifs is 3. The van der Waals surface area contributed by atoms with Gasteiger partial charge >= 0.3 is 0 Å². The molecule has 2 heterocycles. The fraction of sp³-hybridized carbons (Fsp3) is 0.476. The minimum absolute atomic E-state index is 0.0393. The number of pyridine rings is 1. The van der Waals surface area contributed by atoms with E-state index < -0.39 is 0 Å². The van der Waals surface area contributed by atoms with Crippen LogP contribution in [0.4, 0.5) is 0 Å². The van der Waals surface area contributed by atoms with Crippen LogP contribution in [0, 0.1) is 11.8 Å². The first-order valence-corrected chi connectivity index (χ1v) is 8.94. The van der Waals surface area contributed by atoms with Gasteiger partial charge in [-0.25, -0.2) is 0 Å². The molecular formula is C21H27NO2. The van der Waals surface area contributed by atoms with Crippen molar-refractivity contribution in [2.75, 3.05) is 6.61 Å². The van der Waals surface area contributed by atoms with Gasteiger partial charge in [0, 0.05) is 29.6 Å². The Bertz CT molecular complexity index is 694. The first-order valence-electron chi connectivity index (χ1n) is 8.94. The van der Waals surface area contributed by atoms with Gasteiger partial charge in [0.2, 0.25) is 0 Å². The molecule has 1 aromatic heterocycles. The summed E-state index contributed by atoms with van der Waals surface area (Å²) in [4.78, 5) is 4.28. The molecular weight excluding hydrogens is 298 g/mol. The summed E-state index contributed by atoms with van der Waals surface area (Å²) in [5.74, 6) is 2.90. The van der Waals surface area contributed by atoms with Gasteiger partial charge in [-0.1, -0.05) is 27.7 Å². The maximum atomic E-state index is 6.29. The van der Waals surface area contributed by atoms with Crippen molar-refractivity contribution < 1.29 is 9.47 Å². The van der Waals surface area contributed by atoms with Crippen LogP contribution in [0.1, 0.15) is 52.2 Å². The fourth-order valence-corrected chi connectivity index (χ4v) is 3.17. The largest absolute Gasteiger partial charge is 0.493 e. The highest BCUT2D eigenvalue weighted by molar-refractivity contribution is 5.76. The highest BCUT2D eigenvalue weighted by atomic mass is 16.5. The predicted octanol–water partition coefficient (Wildman–Crippen LogP) is 5.65. The van der Waals surface area contributed by atoms with Crippen LogP contribution in [-0.2, 0) is 0 Å². The quantitative estimate of drug-likeness (QED) is 0.643. The van der Waals surface area contributed by atoms with Crippen LogP contribution >= 0.6 is 0 Å². The Hall–Kier alpha value is -2.03. The van der Waals surface area contributed by atoms with E-state index in [1.54, 1.807) is 0 Å².